The Labute approximate surface area is 74.2 Å². The summed E-state index contributed by atoms with van der Waals surface area (Å²) in [4.78, 5) is 10.9. The molecule has 13 heavy (non-hydrogen) atoms. The lowest BCUT2D eigenvalue weighted by molar-refractivity contribution is -0.118. The molecule has 5 heteroatoms. The van der Waals surface area contributed by atoms with E-state index in [2.05, 4.69) is 5.32 Å². The van der Waals surface area contributed by atoms with Crippen molar-refractivity contribution in [1.29, 1.82) is 10.5 Å². The van der Waals surface area contributed by atoms with E-state index in [1.165, 1.54) is 6.92 Å². The van der Waals surface area contributed by atoms with E-state index in [1.807, 2.05) is 0 Å². The highest BCUT2D eigenvalue weighted by Crippen LogP contribution is 2.20. The fourth-order valence-corrected chi connectivity index (χ4v) is 0.913. The number of carbonyl (C=O) groups is 1. The molecule has 0 unspecified atom stereocenters. The lowest BCUT2D eigenvalue weighted by Gasteiger charge is -1.96. The van der Waals surface area contributed by atoms with Gasteiger partial charge in [-0.25, -0.2) is 0 Å². The first kappa shape index (κ1) is 8.82. The van der Waals surface area contributed by atoms with Crippen LogP contribution in [-0.2, 0) is 4.79 Å². The molecule has 1 amide bonds. The van der Waals surface area contributed by atoms with Crippen molar-refractivity contribution in [2.45, 2.75) is 6.92 Å². The Hall–Kier alpha value is -2.27. The molecule has 0 saturated heterocycles. The van der Waals surface area contributed by atoms with Crippen LogP contribution in [0.2, 0.25) is 0 Å². The van der Waals surface area contributed by atoms with E-state index < -0.39 is 11.7 Å². The van der Waals surface area contributed by atoms with Gasteiger partial charge in [-0.3, -0.25) is 4.79 Å². The number of nitrogens with one attached hydrogen (secondary N) is 1. The Balaban J connectivity index is 3.34. The maximum absolute atomic E-state index is 10.9. The molecule has 0 aromatic rings. The van der Waals surface area contributed by atoms with Gasteiger partial charge in [0.1, 0.15) is 11.6 Å². The molecule has 1 heterocycles. The first-order chi connectivity index (χ1) is 6.11. The fourth-order valence-electron chi connectivity index (χ4n) is 0.913. The zero-order valence-corrected chi connectivity index (χ0v) is 6.75. The number of rotatable bonds is 0. The summed E-state index contributed by atoms with van der Waals surface area (Å²) in [7, 11) is 0. The molecule has 0 atom stereocenters. The minimum absolute atomic E-state index is 0.0903. The van der Waals surface area contributed by atoms with Crippen molar-refractivity contribution in [3.63, 3.8) is 0 Å². The number of hydrogen-bond donors (Lipinski definition) is 2. The second-order valence-electron chi connectivity index (χ2n) is 2.40. The minimum Gasteiger partial charge on any atom is -0.502 e. The van der Waals surface area contributed by atoms with Gasteiger partial charge >= 0.3 is 0 Å². The third-order valence-electron chi connectivity index (χ3n) is 1.59. The van der Waals surface area contributed by atoms with Gasteiger partial charge in [0.2, 0.25) is 5.76 Å². The average Bonchev–Trinajstić information content (AvgIpc) is 2.42. The van der Waals surface area contributed by atoms with E-state index in [0.29, 0.717) is 0 Å². The van der Waals surface area contributed by atoms with Crippen LogP contribution >= 0.6 is 0 Å². The van der Waals surface area contributed by atoms with Gasteiger partial charge in [-0.05, 0) is 6.92 Å². The Morgan fingerprint density at radius 1 is 1.54 bits per heavy atom. The molecule has 5 nitrogen and oxygen atoms in total. The highest BCUT2D eigenvalue weighted by molar-refractivity contribution is 5.99. The van der Waals surface area contributed by atoms with Crippen LogP contribution in [-0.4, -0.2) is 11.0 Å². The number of nitriles is 2. The van der Waals surface area contributed by atoms with Crippen LogP contribution in [0.1, 0.15) is 6.92 Å². The second-order valence-corrected chi connectivity index (χ2v) is 2.40. The predicted octanol–water partition coefficient (Wildman–Crippen LogP) is 0.249. The summed E-state index contributed by atoms with van der Waals surface area (Å²) in [5.41, 5.74) is 0.102. The van der Waals surface area contributed by atoms with Crippen molar-refractivity contribution in [2.75, 3.05) is 0 Å². The monoisotopic (exact) mass is 175 g/mol. The van der Waals surface area contributed by atoms with Crippen LogP contribution in [0.25, 0.3) is 0 Å². The molecule has 64 valence electrons. The zero-order chi connectivity index (χ0) is 10.0. The van der Waals surface area contributed by atoms with Crippen molar-refractivity contribution in [3.8, 4) is 12.1 Å². The SMILES string of the molecule is C/C(C#N)=C1/NC(=O)C(O)=C1C#N. The number of allylic oxidation sites excluding steroid dienone is 2. The van der Waals surface area contributed by atoms with Gasteiger partial charge in [0.25, 0.3) is 5.91 Å². The molecule has 0 fully saturated rings. The van der Waals surface area contributed by atoms with E-state index >= 15 is 0 Å². The number of aliphatic hydroxyl groups is 1. The van der Waals surface area contributed by atoms with Gasteiger partial charge in [-0.1, -0.05) is 0 Å². The Morgan fingerprint density at radius 3 is 2.62 bits per heavy atom. The van der Waals surface area contributed by atoms with Gasteiger partial charge in [-0.15, -0.1) is 0 Å². The van der Waals surface area contributed by atoms with E-state index in [0.717, 1.165) is 0 Å². The quantitative estimate of drug-likeness (QED) is 0.515. The van der Waals surface area contributed by atoms with Gasteiger partial charge in [0.05, 0.1) is 17.3 Å². The van der Waals surface area contributed by atoms with E-state index in [4.69, 9.17) is 15.6 Å². The number of carbonyl (C=O) groups excluding carboxylic acids is 1. The topological polar surface area (TPSA) is 96.9 Å². The number of nitrogens with zero attached hydrogens (tertiary/aromatic N) is 2. The van der Waals surface area contributed by atoms with Crippen molar-refractivity contribution < 1.29 is 9.90 Å². The molecule has 1 rings (SSSR count). The van der Waals surface area contributed by atoms with Crippen LogP contribution in [0.3, 0.4) is 0 Å². The number of amides is 1. The first-order valence-corrected chi connectivity index (χ1v) is 3.37. The second kappa shape index (κ2) is 3.00. The summed E-state index contributed by atoms with van der Waals surface area (Å²) in [5.74, 6) is -1.38. The summed E-state index contributed by atoms with van der Waals surface area (Å²) in [5, 5.41) is 28.4. The molecule has 0 saturated carbocycles. The van der Waals surface area contributed by atoms with Crippen molar-refractivity contribution in [1.82, 2.24) is 5.32 Å². The summed E-state index contributed by atoms with van der Waals surface area (Å²) in [6.45, 7) is 1.45. The smallest absolute Gasteiger partial charge is 0.292 e. The van der Waals surface area contributed by atoms with Crippen LogP contribution in [0.4, 0.5) is 0 Å². The van der Waals surface area contributed by atoms with Crippen LogP contribution < -0.4 is 5.32 Å². The van der Waals surface area contributed by atoms with Crippen molar-refractivity contribution in [3.05, 3.63) is 22.6 Å². The van der Waals surface area contributed by atoms with Crippen LogP contribution in [0.5, 0.6) is 0 Å². The molecular formula is C8H5N3O2. The molecule has 2 N–H and O–H groups in total. The Bertz CT molecular complexity index is 418. The number of aliphatic hydroxyl groups excluding tert-OH is 1. The highest BCUT2D eigenvalue weighted by Gasteiger charge is 2.28. The highest BCUT2D eigenvalue weighted by atomic mass is 16.3. The van der Waals surface area contributed by atoms with Crippen molar-refractivity contribution >= 4 is 5.91 Å². The summed E-state index contributed by atoms with van der Waals surface area (Å²) in [6.07, 6.45) is 0. The van der Waals surface area contributed by atoms with Crippen LogP contribution in [0.15, 0.2) is 22.6 Å². The Morgan fingerprint density at radius 2 is 2.15 bits per heavy atom. The molecule has 0 bridgehead atoms. The van der Waals surface area contributed by atoms with Gasteiger partial charge in [-0.2, -0.15) is 10.5 Å². The molecule has 0 aromatic heterocycles. The molecule has 0 aliphatic carbocycles. The lowest BCUT2D eigenvalue weighted by atomic mass is 10.1. The summed E-state index contributed by atoms with van der Waals surface area (Å²) >= 11 is 0. The number of hydrogen-bond acceptors (Lipinski definition) is 4. The maximum atomic E-state index is 10.9. The molecule has 0 spiro atoms. The first-order valence-electron chi connectivity index (χ1n) is 3.37. The average molecular weight is 175 g/mol. The van der Waals surface area contributed by atoms with E-state index in [-0.39, 0.29) is 16.8 Å². The third kappa shape index (κ3) is 1.23. The molecular weight excluding hydrogens is 170 g/mol. The zero-order valence-electron chi connectivity index (χ0n) is 6.75. The predicted molar refractivity (Wildman–Crippen MR) is 41.7 cm³/mol. The maximum Gasteiger partial charge on any atom is 0.292 e. The fraction of sp³-hybridized carbons (Fsp3) is 0.125. The van der Waals surface area contributed by atoms with Crippen molar-refractivity contribution in [2.24, 2.45) is 0 Å². The third-order valence-corrected chi connectivity index (χ3v) is 1.59. The molecule has 1 aliphatic rings. The molecule has 0 radical (unpaired) electrons. The summed E-state index contributed by atoms with van der Waals surface area (Å²) in [6, 6.07) is 3.43. The Kier molecular flexibility index (Phi) is 2.03. The molecule has 1 aliphatic heterocycles. The van der Waals surface area contributed by atoms with Gasteiger partial charge in [0, 0.05) is 0 Å². The van der Waals surface area contributed by atoms with Crippen LogP contribution in [0, 0.1) is 22.7 Å². The standard InChI is InChI=1S/C8H5N3O2/c1-4(2-9)6-5(3-10)7(12)8(13)11-6/h12H,1H3,(H,11,13)/b6-4-. The largest absolute Gasteiger partial charge is 0.502 e. The summed E-state index contributed by atoms with van der Waals surface area (Å²) < 4.78 is 0. The van der Waals surface area contributed by atoms with Gasteiger partial charge < -0.3 is 10.4 Å². The molecule has 0 aromatic carbocycles. The van der Waals surface area contributed by atoms with E-state index in [9.17, 15) is 4.79 Å². The normalized spacial score (nSPS) is 19.2. The van der Waals surface area contributed by atoms with Gasteiger partial charge in [0.15, 0.2) is 0 Å². The van der Waals surface area contributed by atoms with E-state index in [1.54, 1.807) is 12.1 Å². The minimum atomic E-state index is -0.749. The lowest BCUT2D eigenvalue weighted by Crippen LogP contribution is -2.17.